The van der Waals surface area contributed by atoms with Gasteiger partial charge in [-0.3, -0.25) is 19.8 Å². The van der Waals surface area contributed by atoms with Gasteiger partial charge in [-0.2, -0.15) is 0 Å². The van der Waals surface area contributed by atoms with Crippen molar-refractivity contribution in [3.05, 3.63) is 87.4 Å². The van der Waals surface area contributed by atoms with Crippen LogP contribution in [-0.2, 0) is 9.59 Å². The summed E-state index contributed by atoms with van der Waals surface area (Å²) in [5.74, 6) is -1.61. The van der Waals surface area contributed by atoms with Crippen LogP contribution in [0.3, 0.4) is 0 Å². The topological polar surface area (TPSA) is 101 Å². The maximum absolute atomic E-state index is 13.1. The molecule has 0 aliphatic carbocycles. The number of anilines is 2. The summed E-state index contributed by atoms with van der Waals surface area (Å²) < 4.78 is 8.07. The fraction of sp³-hybridized carbons (Fsp3) is 0.0417. The Labute approximate surface area is 211 Å². The number of carbonyl (C=O) groups excluding carboxylic acids is 3. The minimum absolute atomic E-state index is 0.147. The lowest BCUT2D eigenvalue weighted by atomic mass is 10.2. The average Bonchev–Trinajstić information content (AvgIpc) is 3.18. The molecule has 34 heavy (non-hydrogen) atoms. The number of ether oxygens (including phenoxy) is 1. The number of nitrogens with zero attached hydrogens (tertiary/aromatic N) is 1. The van der Waals surface area contributed by atoms with E-state index in [1.165, 1.54) is 4.68 Å². The quantitative estimate of drug-likeness (QED) is 0.282. The molecule has 0 spiro atoms. The van der Waals surface area contributed by atoms with Gasteiger partial charge in [0.05, 0.1) is 12.6 Å². The van der Waals surface area contributed by atoms with Gasteiger partial charge >= 0.3 is 11.8 Å². The molecule has 3 N–H and O–H groups in total. The Morgan fingerprint density at radius 2 is 1.38 bits per heavy atom. The van der Waals surface area contributed by atoms with Crippen molar-refractivity contribution in [2.24, 2.45) is 0 Å². The molecule has 172 valence electrons. The van der Waals surface area contributed by atoms with Crippen LogP contribution in [0.1, 0.15) is 10.5 Å². The third-order valence-electron chi connectivity index (χ3n) is 4.87. The van der Waals surface area contributed by atoms with Gasteiger partial charge in [-0.25, -0.2) is 4.68 Å². The molecule has 10 heteroatoms. The average molecular weight is 586 g/mol. The van der Waals surface area contributed by atoms with E-state index >= 15 is 0 Å². The third-order valence-corrected chi connectivity index (χ3v) is 5.89. The van der Waals surface area contributed by atoms with Gasteiger partial charge in [-0.15, -0.1) is 0 Å². The summed E-state index contributed by atoms with van der Waals surface area (Å²) in [6.07, 6.45) is 0. The van der Waals surface area contributed by atoms with Gasteiger partial charge in [-0.05, 0) is 72.8 Å². The van der Waals surface area contributed by atoms with Crippen LogP contribution in [0.5, 0.6) is 5.75 Å². The maximum atomic E-state index is 13.1. The highest BCUT2D eigenvalue weighted by atomic mass is 79.9. The Bertz CT molecular complexity index is 1380. The number of methoxy groups -OCH3 is 1. The van der Waals surface area contributed by atoms with E-state index in [2.05, 4.69) is 47.9 Å². The molecule has 0 bridgehead atoms. The van der Waals surface area contributed by atoms with Crippen LogP contribution in [0, 0.1) is 0 Å². The Balaban J connectivity index is 1.60. The fourth-order valence-corrected chi connectivity index (χ4v) is 3.86. The van der Waals surface area contributed by atoms with Gasteiger partial charge in [0, 0.05) is 25.7 Å². The number of benzene rings is 3. The first-order valence-corrected chi connectivity index (χ1v) is 11.6. The van der Waals surface area contributed by atoms with Crippen molar-refractivity contribution >= 4 is 71.9 Å². The molecule has 0 radical (unpaired) electrons. The molecule has 8 nitrogen and oxygen atoms in total. The summed E-state index contributed by atoms with van der Waals surface area (Å²) in [7, 11) is 1.56. The number of rotatable bonds is 5. The SMILES string of the molecule is COc1ccc(NC(=O)c2cc3cc(Br)ccc3n2NC(=O)C(=O)Nc2ccc(Br)cc2)cc1. The molecule has 0 saturated heterocycles. The van der Waals surface area contributed by atoms with Crippen molar-refractivity contribution in [3.63, 3.8) is 0 Å². The summed E-state index contributed by atoms with van der Waals surface area (Å²) >= 11 is 6.73. The molecule has 1 heterocycles. The molecule has 0 fully saturated rings. The highest BCUT2D eigenvalue weighted by molar-refractivity contribution is 9.10. The van der Waals surface area contributed by atoms with Crippen LogP contribution in [0.15, 0.2) is 81.7 Å². The highest BCUT2D eigenvalue weighted by Crippen LogP contribution is 2.24. The third kappa shape index (κ3) is 5.29. The second kappa shape index (κ2) is 10.1. The van der Waals surface area contributed by atoms with Gasteiger partial charge in [0.25, 0.3) is 5.91 Å². The number of halogens is 2. The van der Waals surface area contributed by atoms with Crippen LogP contribution >= 0.6 is 31.9 Å². The zero-order valence-electron chi connectivity index (χ0n) is 17.8. The predicted octanol–water partition coefficient (Wildman–Crippen LogP) is 5.14. The van der Waals surface area contributed by atoms with E-state index in [1.807, 2.05) is 6.07 Å². The summed E-state index contributed by atoms with van der Waals surface area (Å²) in [4.78, 5) is 38.3. The Morgan fingerprint density at radius 3 is 2.06 bits per heavy atom. The van der Waals surface area contributed by atoms with E-state index in [1.54, 1.807) is 73.8 Å². The second-order valence-corrected chi connectivity index (χ2v) is 8.98. The van der Waals surface area contributed by atoms with E-state index < -0.39 is 17.7 Å². The first-order valence-electron chi connectivity index (χ1n) is 9.98. The number of aromatic nitrogens is 1. The van der Waals surface area contributed by atoms with Crippen molar-refractivity contribution in [2.45, 2.75) is 0 Å². The monoisotopic (exact) mass is 584 g/mol. The standard InChI is InChI=1S/C24H18Br2N4O4/c1-34-19-9-7-18(8-10-19)27-22(31)21-13-14-12-16(26)4-11-20(14)30(21)29-24(33)23(32)28-17-5-2-15(25)3-6-17/h2-13H,1H3,(H,27,31)(H,28,32)(H,29,33). The molecule has 0 aliphatic rings. The lowest BCUT2D eigenvalue weighted by Gasteiger charge is -2.13. The molecule has 3 amide bonds. The number of amides is 3. The Morgan fingerprint density at radius 1 is 0.765 bits per heavy atom. The van der Waals surface area contributed by atoms with Gasteiger partial charge in [0.15, 0.2) is 0 Å². The van der Waals surface area contributed by atoms with E-state index in [9.17, 15) is 14.4 Å². The molecule has 0 atom stereocenters. The molecule has 3 aromatic carbocycles. The lowest BCUT2D eigenvalue weighted by molar-refractivity contribution is -0.133. The van der Waals surface area contributed by atoms with Crippen LogP contribution < -0.4 is 20.8 Å². The zero-order valence-corrected chi connectivity index (χ0v) is 20.9. The van der Waals surface area contributed by atoms with Crippen LogP contribution in [-0.4, -0.2) is 29.5 Å². The minimum atomic E-state index is -0.929. The van der Waals surface area contributed by atoms with Crippen LogP contribution in [0.25, 0.3) is 10.9 Å². The number of hydrogen-bond donors (Lipinski definition) is 3. The molecule has 0 unspecified atom stereocenters. The van der Waals surface area contributed by atoms with Crippen LogP contribution in [0.2, 0.25) is 0 Å². The number of nitrogens with one attached hydrogen (secondary N) is 3. The molecule has 0 saturated carbocycles. The Hall–Kier alpha value is -3.63. The van der Waals surface area contributed by atoms with Crippen molar-refractivity contribution in [3.8, 4) is 5.75 Å². The molecular formula is C24H18Br2N4O4. The van der Waals surface area contributed by atoms with E-state index in [0.717, 1.165) is 8.95 Å². The predicted molar refractivity (Wildman–Crippen MR) is 138 cm³/mol. The van der Waals surface area contributed by atoms with Gasteiger partial charge < -0.3 is 15.4 Å². The number of carbonyl (C=O) groups is 3. The molecular weight excluding hydrogens is 568 g/mol. The Kier molecular flexibility index (Phi) is 6.99. The van der Waals surface area contributed by atoms with Gasteiger partial charge in [0.2, 0.25) is 0 Å². The summed E-state index contributed by atoms with van der Waals surface area (Å²) in [5.41, 5.74) is 4.23. The fourth-order valence-electron chi connectivity index (χ4n) is 3.22. The largest absolute Gasteiger partial charge is 0.497 e. The smallest absolute Gasteiger partial charge is 0.328 e. The molecule has 0 aliphatic heterocycles. The second-order valence-electron chi connectivity index (χ2n) is 7.15. The van der Waals surface area contributed by atoms with Gasteiger partial charge in [-0.1, -0.05) is 31.9 Å². The van der Waals surface area contributed by atoms with Crippen molar-refractivity contribution in [1.29, 1.82) is 0 Å². The summed E-state index contributed by atoms with van der Waals surface area (Å²) in [5, 5.41) is 6.02. The maximum Gasteiger partial charge on any atom is 0.328 e. The van der Waals surface area contributed by atoms with Crippen LogP contribution in [0.4, 0.5) is 11.4 Å². The molecule has 1 aromatic heterocycles. The molecule has 4 aromatic rings. The summed E-state index contributed by atoms with van der Waals surface area (Å²) in [6, 6.07) is 20.6. The van der Waals surface area contributed by atoms with E-state index in [-0.39, 0.29) is 5.69 Å². The summed E-state index contributed by atoms with van der Waals surface area (Å²) in [6.45, 7) is 0. The van der Waals surface area contributed by atoms with E-state index in [0.29, 0.717) is 28.0 Å². The number of fused-ring (bicyclic) bond motifs is 1. The normalized spacial score (nSPS) is 10.6. The first-order chi connectivity index (χ1) is 16.3. The minimum Gasteiger partial charge on any atom is -0.497 e. The highest BCUT2D eigenvalue weighted by Gasteiger charge is 2.21. The van der Waals surface area contributed by atoms with E-state index in [4.69, 9.17) is 4.74 Å². The lowest BCUT2D eigenvalue weighted by Crippen LogP contribution is -2.36. The van der Waals surface area contributed by atoms with Crippen molar-refractivity contribution < 1.29 is 19.1 Å². The van der Waals surface area contributed by atoms with Crippen molar-refractivity contribution in [2.75, 3.05) is 23.2 Å². The molecule has 4 rings (SSSR count). The first kappa shape index (κ1) is 23.5. The zero-order chi connectivity index (χ0) is 24.2. The number of hydrogen-bond acceptors (Lipinski definition) is 4. The van der Waals surface area contributed by atoms with Crippen molar-refractivity contribution in [1.82, 2.24) is 4.68 Å². The van der Waals surface area contributed by atoms with Gasteiger partial charge in [0.1, 0.15) is 11.4 Å².